The van der Waals surface area contributed by atoms with E-state index in [1.165, 1.54) is 51.3 Å². The van der Waals surface area contributed by atoms with Crippen molar-refractivity contribution in [2.75, 3.05) is 31.5 Å². The van der Waals surface area contributed by atoms with Crippen molar-refractivity contribution in [3.8, 4) is 5.75 Å². The van der Waals surface area contributed by atoms with E-state index in [0.717, 1.165) is 29.1 Å². The number of carbonyl (C=O) groups is 1. The molecule has 5 heteroatoms. The first-order valence-corrected chi connectivity index (χ1v) is 13.4. The Labute approximate surface area is 219 Å². The Morgan fingerprint density at radius 3 is 1.95 bits per heavy atom. The molecule has 37 heavy (non-hydrogen) atoms. The highest BCUT2D eigenvalue weighted by Crippen LogP contribution is 2.60. The minimum Gasteiger partial charge on any atom is -0.497 e. The van der Waals surface area contributed by atoms with Crippen molar-refractivity contribution in [1.29, 1.82) is 0 Å². The zero-order valence-corrected chi connectivity index (χ0v) is 22.0. The van der Waals surface area contributed by atoms with Crippen molar-refractivity contribution in [1.82, 2.24) is 0 Å². The van der Waals surface area contributed by atoms with Crippen molar-refractivity contribution in [2.24, 2.45) is 17.8 Å². The van der Waals surface area contributed by atoms with Gasteiger partial charge in [0.1, 0.15) is 5.75 Å². The van der Waals surface area contributed by atoms with Crippen LogP contribution in [-0.2, 0) is 10.2 Å². The van der Waals surface area contributed by atoms with Gasteiger partial charge in [-0.2, -0.15) is 0 Å². The lowest BCUT2D eigenvalue weighted by molar-refractivity contribution is -0.00518. The number of methoxy groups -OCH3 is 2. The Balaban J connectivity index is 1.17. The Kier molecular flexibility index (Phi) is 6.10. The molecule has 4 fully saturated rings. The zero-order valence-electron chi connectivity index (χ0n) is 22.0. The van der Waals surface area contributed by atoms with Crippen LogP contribution < -0.4 is 15.0 Å². The third kappa shape index (κ3) is 4.45. The second-order valence-electron chi connectivity index (χ2n) is 11.4. The number of carbonyl (C=O) groups excluding carboxylic acids is 1. The van der Waals surface area contributed by atoms with Gasteiger partial charge in [-0.1, -0.05) is 12.1 Å². The summed E-state index contributed by atoms with van der Waals surface area (Å²) in [4.78, 5) is 14.5. The Hall–Kier alpha value is -3.47. The van der Waals surface area contributed by atoms with Crippen LogP contribution in [0.2, 0.25) is 0 Å². The fraction of sp³-hybridized carbons (Fsp3) is 0.406. The van der Waals surface area contributed by atoms with E-state index in [2.05, 4.69) is 53.7 Å². The molecular weight excluding hydrogens is 460 g/mol. The van der Waals surface area contributed by atoms with Crippen LogP contribution in [0.25, 0.3) is 0 Å². The molecule has 1 N–H and O–H groups in total. The fourth-order valence-corrected chi connectivity index (χ4v) is 7.61. The van der Waals surface area contributed by atoms with E-state index in [1.807, 2.05) is 24.3 Å². The Morgan fingerprint density at radius 1 is 0.838 bits per heavy atom. The molecule has 0 aliphatic heterocycles. The smallest absolute Gasteiger partial charge is 0.340 e. The topological polar surface area (TPSA) is 50.8 Å². The van der Waals surface area contributed by atoms with Crippen molar-refractivity contribution < 1.29 is 14.3 Å². The molecule has 7 rings (SSSR count). The van der Waals surface area contributed by atoms with Crippen molar-refractivity contribution in [3.05, 3.63) is 77.9 Å². The lowest BCUT2D eigenvalue weighted by atomic mass is 9.48. The van der Waals surface area contributed by atoms with Crippen molar-refractivity contribution >= 4 is 28.7 Å². The zero-order chi connectivity index (χ0) is 25.6. The fourth-order valence-electron chi connectivity index (χ4n) is 7.61. The highest BCUT2D eigenvalue weighted by molar-refractivity contribution is 5.97. The number of rotatable bonds is 7. The summed E-state index contributed by atoms with van der Waals surface area (Å²) in [6.07, 6.45) is 8.63. The molecule has 192 valence electrons. The van der Waals surface area contributed by atoms with Crippen LogP contribution in [0.4, 0.5) is 22.7 Å². The van der Waals surface area contributed by atoms with Gasteiger partial charge < -0.3 is 19.7 Å². The van der Waals surface area contributed by atoms with Crippen molar-refractivity contribution in [2.45, 2.75) is 43.9 Å². The summed E-state index contributed by atoms with van der Waals surface area (Å²) in [6, 6.07) is 23.0. The third-order valence-electron chi connectivity index (χ3n) is 9.07. The molecule has 0 atom stereocenters. The predicted octanol–water partition coefficient (Wildman–Crippen LogP) is 7.46. The Bertz CT molecular complexity index is 1250. The van der Waals surface area contributed by atoms with E-state index in [9.17, 15) is 4.79 Å². The molecule has 0 heterocycles. The number of hydrogen-bond acceptors (Lipinski definition) is 5. The van der Waals surface area contributed by atoms with Gasteiger partial charge in [0.2, 0.25) is 0 Å². The van der Waals surface area contributed by atoms with Gasteiger partial charge >= 0.3 is 5.97 Å². The molecule has 0 aromatic heterocycles. The number of esters is 1. The highest BCUT2D eigenvalue weighted by atomic mass is 16.5. The van der Waals surface area contributed by atoms with Crippen LogP contribution in [0, 0.1) is 17.8 Å². The van der Waals surface area contributed by atoms with E-state index < -0.39 is 5.97 Å². The van der Waals surface area contributed by atoms with E-state index in [0.29, 0.717) is 22.4 Å². The molecule has 4 aliphatic carbocycles. The number of benzene rings is 3. The quantitative estimate of drug-likeness (QED) is 0.344. The predicted molar refractivity (Wildman–Crippen MR) is 148 cm³/mol. The summed E-state index contributed by atoms with van der Waals surface area (Å²) in [5, 5.41) is 3.34. The van der Waals surface area contributed by atoms with Gasteiger partial charge in [0.05, 0.1) is 25.5 Å². The van der Waals surface area contributed by atoms with Gasteiger partial charge in [-0.15, -0.1) is 0 Å². The number of anilines is 4. The summed E-state index contributed by atoms with van der Waals surface area (Å²) < 4.78 is 10.2. The van der Waals surface area contributed by atoms with Crippen LogP contribution in [0.5, 0.6) is 5.75 Å². The standard InChI is InChI=1S/C32H36N2O3/c1-34(26-8-4-24(5-9-26)32-18-21-14-22(19-32)16-23(15-21)20-32)27-10-6-25(7-11-27)33-30-13-12-28(36-2)17-29(30)31(35)37-3/h4-13,17,21-23,33H,14-16,18-20H2,1-3H3. The van der Waals surface area contributed by atoms with Gasteiger partial charge in [-0.3, -0.25) is 0 Å². The van der Waals surface area contributed by atoms with Gasteiger partial charge in [0.25, 0.3) is 0 Å². The first-order chi connectivity index (χ1) is 18.0. The third-order valence-corrected chi connectivity index (χ3v) is 9.07. The summed E-state index contributed by atoms with van der Waals surface area (Å²) in [7, 11) is 5.07. The number of hydrogen-bond donors (Lipinski definition) is 1. The van der Waals surface area contributed by atoms with E-state index in [1.54, 1.807) is 18.7 Å². The first kappa shape index (κ1) is 23.9. The maximum Gasteiger partial charge on any atom is 0.340 e. The molecule has 0 saturated heterocycles. The summed E-state index contributed by atoms with van der Waals surface area (Å²) in [6.45, 7) is 0. The summed E-state index contributed by atoms with van der Waals surface area (Å²) in [5.74, 6) is 3.08. The lowest BCUT2D eigenvalue weighted by Gasteiger charge is -2.57. The minimum atomic E-state index is -0.408. The molecule has 0 amide bonds. The van der Waals surface area contributed by atoms with E-state index >= 15 is 0 Å². The van der Waals surface area contributed by atoms with E-state index in [-0.39, 0.29) is 0 Å². The maximum atomic E-state index is 12.3. The van der Waals surface area contributed by atoms with Crippen molar-refractivity contribution in [3.63, 3.8) is 0 Å². The normalized spacial score (nSPS) is 25.5. The number of ether oxygens (including phenoxy) is 2. The van der Waals surface area contributed by atoms with Crippen LogP contribution >= 0.6 is 0 Å². The van der Waals surface area contributed by atoms with Gasteiger partial charge in [0.15, 0.2) is 0 Å². The molecule has 0 spiro atoms. The van der Waals surface area contributed by atoms with Gasteiger partial charge in [-0.05, 0) is 122 Å². The number of nitrogens with one attached hydrogen (secondary N) is 1. The molecule has 0 unspecified atom stereocenters. The summed E-state index contributed by atoms with van der Waals surface area (Å²) >= 11 is 0. The molecule has 4 saturated carbocycles. The van der Waals surface area contributed by atoms with Gasteiger partial charge in [-0.25, -0.2) is 4.79 Å². The second kappa shape index (κ2) is 9.44. The molecule has 0 radical (unpaired) electrons. The Morgan fingerprint density at radius 2 is 1.41 bits per heavy atom. The average molecular weight is 497 g/mol. The second-order valence-corrected chi connectivity index (χ2v) is 11.4. The number of nitrogens with zero attached hydrogens (tertiary/aromatic N) is 1. The monoisotopic (exact) mass is 496 g/mol. The summed E-state index contributed by atoms with van der Waals surface area (Å²) in [5.41, 5.74) is 6.29. The molecular formula is C32H36N2O3. The van der Waals surface area contributed by atoms with Gasteiger partial charge in [0, 0.05) is 24.1 Å². The average Bonchev–Trinajstić information content (AvgIpc) is 2.92. The van der Waals surface area contributed by atoms with Crippen LogP contribution in [-0.4, -0.2) is 27.2 Å². The molecule has 4 aliphatic rings. The molecule has 4 bridgehead atoms. The highest BCUT2D eigenvalue weighted by Gasteiger charge is 2.51. The molecule has 3 aromatic carbocycles. The van der Waals surface area contributed by atoms with Crippen LogP contribution in [0.15, 0.2) is 66.7 Å². The van der Waals surface area contributed by atoms with Crippen LogP contribution in [0.3, 0.4) is 0 Å². The maximum absolute atomic E-state index is 12.3. The minimum absolute atomic E-state index is 0.408. The largest absolute Gasteiger partial charge is 0.497 e. The van der Waals surface area contributed by atoms with Crippen LogP contribution in [0.1, 0.15) is 54.4 Å². The molecule has 5 nitrogen and oxygen atoms in total. The lowest BCUT2D eigenvalue weighted by Crippen LogP contribution is -2.48. The first-order valence-electron chi connectivity index (χ1n) is 13.4. The van der Waals surface area contributed by atoms with E-state index in [4.69, 9.17) is 9.47 Å². The molecule has 3 aromatic rings. The SMILES string of the molecule is COC(=O)c1cc(OC)ccc1Nc1ccc(N(C)c2ccc(C34CC5CC(CC(C5)C3)C4)cc2)cc1.